The monoisotopic (exact) mass is 278 g/mol. The van der Waals surface area contributed by atoms with Gasteiger partial charge >= 0.3 is 0 Å². The molecule has 20 heavy (non-hydrogen) atoms. The van der Waals surface area contributed by atoms with Crippen molar-refractivity contribution in [1.82, 2.24) is 0 Å². The van der Waals surface area contributed by atoms with Crippen molar-refractivity contribution in [2.45, 2.75) is 32.1 Å². The Labute approximate surface area is 119 Å². The Morgan fingerprint density at radius 1 is 1.15 bits per heavy atom. The first-order valence-electron chi connectivity index (χ1n) is 7.20. The molecule has 1 amide bonds. The Morgan fingerprint density at radius 2 is 1.95 bits per heavy atom. The normalized spacial score (nSPS) is 13.1. The Hall–Kier alpha value is -1.75. The number of fused-ring (bicyclic) bond motifs is 1. The van der Waals surface area contributed by atoms with Crippen LogP contribution in [0.25, 0.3) is 0 Å². The quantitative estimate of drug-likeness (QED) is 0.751. The van der Waals surface area contributed by atoms with Gasteiger partial charge in [-0.2, -0.15) is 0 Å². The Bertz CT molecular complexity index is 449. The summed E-state index contributed by atoms with van der Waals surface area (Å²) >= 11 is 0. The second-order valence-electron chi connectivity index (χ2n) is 4.83. The maximum absolute atomic E-state index is 11.9. The number of nitrogens with one attached hydrogen (secondary N) is 1. The second kappa shape index (κ2) is 7.75. The van der Waals surface area contributed by atoms with Gasteiger partial charge in [0.25, 0.3) is 0 Å². The number of hydrogen-bond donors (Lipinski definition) is 2. The van der Waals surface area contributed by atoms with E-state index in [2.05, 4.69) is 5.32 Å². The summed E-state index contributed by atoms with van der Waals surface area (Å²) in [5, 5.41) is 2.89. The lowest BCUT2D eigenvalue weighted by Crippen LogP contribution is -2.18. The fraction of sp³-hybridized carbons (Fsp3) is 0.533. The van der Waals surface area contributed by atoms with Gasteiger partial charge < -0.3 is 20.5 Å². The third-order valence-corrected chi connectivity index (χ3v) is 3.20. The van der Waals surface area contributed by atoms with E-state index in [-0.39, 0.29) is 5.91 Å². The number of benzene rings is 1. The van der Waals surface area contributed by atoms with Crippen LogP contribution in [0.15, 0.2) is 18.2 Å². The number of carbonyl (C=O) groups is 1. The maximum Gasteiger partial charge on any atom is 0.224 e. The molecule has 0 radical (unpaired) electrons. The zero-order valence-corrected chi connectivity index (χ0v) is 11.7. The number of carbonyl (C=O) groups excluding carboxylic acids is 1. The van der Waals surface area contributed by atoms with Crippen molar-refractivity contribution in [2.24, 2.45) is 5.73 Å². The van der Waals surface area contributed by atoms with E-state index in [0.29, 0.717) is 36.8 Å². The van der Waals surface area contributed by atoms with Gasteiger partial charge in [0.2, 0.25) is 5.91 Å². The minimum Gasteiger partial charge on any atom is -0.486 e. The average molecular weight is 278 g/mol. The molecule has 2 rings (SSSR count). The standard InChI is InChI=1S/C15H22N2O3/c16-9-4-2-1-3-8-14(18)17-12-6-5-7-13-15(12)20-11-10-19-13/h5-7H,1-4,8-11,16H2,(H,17,18). The van der Waals surface area contributed by atoms with Gasteiger partial charge in [-0.1, -0.05) is 18.9 Å². The summed E-state index contributed by atoms with van der Waals surface area (Å²) in [6, 6.07) is 5.53. The van der Waals surface area contributed by atoms with E-state index in [9.17, 15) is 4.79 Å². The van der Waals surface area contributed by atoms with Crippen LogP contribution in [-0.2, 0) is 4.79 Å². The number of unbranched alkanes of at least 4 members (excludes halogenated alkanes) is 3. The summed E-state index contributed by atoms with van der Waals surface area (Å²) in [4.78, 5) is 11.9. The van der Waals surface area contributed by atoms with Gasteiger partial charge in [0, 0.05) is 6.42 Å². The first-order chi connectivity index (χ1) is 9.81. The molecule has 1 aliphatic heterocycles. The van der Waals surface area contributed by atoms with Gasteiger partial charge in [-0.05, 0) is 31.5 Å². The molecule has 1 aliphatic rings. The number of nitrogens with two attached hydrogens (primary N) is 1. The van der Waals surface area contributed by atoms with Crippen molar-refractivity contribution in [2.75, 3.05) is 25.1 Å². The summed E-state index contributed by atoms with van der Waals surface area (Å²) in [5.74, 6) is 1.34. The Kier molecular flexibility index (Phi) is 5.68. The number of para-hydroxylation sites is 1. The van der Waals surface area contributed by atoms with Crippen molar-refractivity contribution < 1.29 is 14.3 Å². The lowest BCUT2D eigenvalue weighted by molar-refractivity contribution is -0.116. The first-order valence-corrected chi connectivity index (χ1v) is 7.20. The highest BCUT2D eigenvalue weighted by Gasteiger charge is 2.16. The molecule has 0 fully saturated rings. The molecule has 0 saturated carbocycles. The van der Waals surface area contributed by atoms with E-state index < -0.39 is 0 Å². The fourth-order valence-electron chi connectivity index (χ4n) is 2.17. The predicted octanol–water partition coefficient (Wildman–Crippen LogP) is 2.31. The van der Waals surface area contributed by atoms with E-state index in [1.54, 1.807) is 0 Å². The van der Waals surface area contributed by atoms with Gasteiger partial charge in [0.1, 0.15) is 13.2 Å². The number of hydrogen-bond acceptors (Lipinski definition) is 4. The second-order valence-corrected chi connectivity index (χ2v) is 4.83. The highest BCUT2D eigenvalue weighted by Crippen LogP contribution is 2.37. The van der Waals surface area contributed by atoms with Crippen molar-refractivity contribution in [1.29, 1.82) is 0 Å². The molecule has 0 saturated heterocycles. The van der Waals surface area contributed by atoms with Crippen LogP contribution in [0.5, 0.6) is 11.5 Å². The molecule has 3 N–H and O–H groups in total. The van der Waals surface area contributed by atoms with Crippen molar-refractivity contribution in [3.63, 3.8) is 0 Å². The smallest absolute Gasteiger partial charge is 0.224 e. The first kappa shape index (κ1) is 14.7. The van der Waals surface area contributed by atoms with Crippen LogP contribution < -0.4 is 20.5 Å². The number of ether oxygens (including phenoxy) is 2. The Balaban J connectivity index is 1.82. The molecule has 0 aromatic heterocycles. The van der Waals surface area contributed by atoms with Crippen LogP contribution in [0.3, 0.4) is 0 Å². The van der Waals surface area contributed by atoms with Crippen LogP contribution in [0, 0.1) is 0 Å². The maximum atomic E-state index is 11.9. The third kappa shape index (κ3) is 4.13. The topological polar surface area (TPSA) is 73.6 Å². The largest absolute Gasteiger partial charge is 0.486 e. The molecule has 110 valence electrons. The SMILES string of the molecule is NCCCCCCC(=O)Nc1cccc2c1OCCO2. The van der Waals surface area contributed by atoms with E-state index in [0.717, 1.165) is 32.2 Å². The minimum absolute atomic E-state index is 0.0142. The third-order valence-electron chi connectivity index (χ3n) is 3.20. The molecule has 1 aromatic carbocycles. The molecular formula is C15H22N2O3. The highest BCUT2D eigenvalue weighted by atomic mass is 16.6. The highest BCUT2D eigenvalue weighted by molar-refractivity contribution is 5.92. The molecule has 0 aliphatic carbocycles. The number of amides is 1. The van der Waals surface area contributed by atoms with Gasteiger partial charge in [0.05, 0.1) is 5.69 Å². The van der Waals surface area contributed by atoms with Crippen molar-refractivity contribution >= 4 is 11.6 Å². The summed E-state index contributed by atoms with van der Waals surface area (Å²) < 4.78 is 11.0. The fourth-order valence-corrected chi connectivity index (χ4v) is 2.17. The summed E-state index contributed by atoms with van der Waals surface area (Å²) in [7, 11) is 0. The van der Waals surface area contributed by atoms with Crippen LogP contribution >= 0.6 is 0 Å². The molecular weight excluding hydrogens is 256 g/mol. The van der Waals surface area contributed by atoms with E-state index >= 15 is 0 Å². The van der Waals surface area contributed by atoms with Crippen LogP contribution in [0.2, 0.25) is 0 Å². The zero-order valence-electron chi connectivity index (χ0n) is 11.7. The number of rotatable bonds is 7. The number of anilines is 1. The summed E-state index contributed by atoms with van der Waals surface area (Å²) in [6.45, 7) is 1.78. The molecule has 5 nitrogen and oxygen atoms in total. The van der Waals surface area contributed by atoms with Gasteiger partial charge in [0.15, 0.2) is 11.5 Å². The zero-order chi connectivity index (χ0) is 14.2. The summed E-state index contributed by atoms with van der Waals surface area (Å²) in [5.41, 5.74) is 6.12. The predicted molar refractivity (Wildman–Crippen MR) is 78.2 cm³/mol. The Morgan fingerprint density at radius 3 is 2.80 bits per heavy atom. The summed E-state index contributed by atoms with van der Waals surface area (Å²) in [6.07, 6.45) is 4.56. The molecule has 1 aromatic rings. The lowest BCUT2D eigenvalue weighted by atomic mass is 10.1. The molecule has 0 atom stereocenters. The average Bonchev–Trinajstić information content (AvgIpc) is 2.47. The minimum atomic E-state index is 0.0142. The molecule has 5 heteroatoms. The van der Waals surface area contributed by atoms with E-state index in [1.165, 1.54) is 0 Å². The van der Waals surface area contributed by atoms with Crippen LogP contribution in [0.1, 0.15) is 32.1 Å². The van der Waals surface area contributed by atoms with Gasteiger partial charge in [-0.15, -0.1) is 0 Å². The van der Waals surface area contributed by atoms with Crippen LogP contribution in [-0.4, -0.2) is 25.7 Å². The van der Waals surface area contributed by atoms with Crippen molar-refractivity contribution in [3.8, 4) is 11.5 Å². The lowest BCUT2D eigenvalue weighted by Gasteiger charge is -2.21. The van der Waals surface area contributed by atoms with Crippen molar-refractivity contribution in [3.05, 3.63) is 18.2 Å². The molecule has 0 bridgehead atoms. The van der Waals surface area contributed by atoms with Crippen LogP contribution in [0.4, 0.5) is 5.69 Å². The molecule has 1 heterocycles. The van der Waals surface area contributed by atoms with Gasteiger partial charge in [-0.3, -0.25) is 4.79 Å². The van der Waals surface area contributed by atoms with E-state index in [4.69, 9.17) is 15.2 Å². The van der Waals surface area contributed by atoms with Gasteiger partial charge in [-0.25, -0.2) is 0 Å². The van der Waals surface area contributed by atoms with E-state index in [1.807, 2.05) is 18.2 Å². The molecule has 0 spiro atoms. The molecule has 0 unspecified atom stereocenters.